The van der Waals surface area contributed by atoms with Crippen LogP contribution in [-0.2, 0) is 16.6 Å². The van der Waals surface area contributed by atoms with E-state index in [1.54, 1.807) is 24.3 Å². The van der Waals surface area contributed by atoms with Crippen LogP contribution in [0.25, 0.3) is 0 Å². The zero-order chi connectivity index (χ0) is 17.9. The second kappa shape index (κ2) is 7.45. The van der Waals surface area contributed by atoms with Crippen LogP contribution in [0, 0.1) is 0 Å². The molecule has 2 aromatic rings. The van der Waals surface area contributed by atoms with E-state index in [2.05, 4.69) is 20.8 Å². The van der Waals surface area contributed by atoms with E-state index in [1.807, 2.05) is 18.2 Å². The van der Waals surface area contributed by atoms with Crippen molar-refractivity contribution in [3.8, 4) is 5.75 Å². The van der Waals surface area contributed by atoms with Crippen LogP contribution in [-0.4, -0.2) is 17.2 Å². The molecule has 24 heavy (non-hydrogen) atoms. The van der Waals surface area contributed by atoms with Gasteiger partial charge in [0.25, 0.3) is 0 Å². The molecular formula is C19H20Cl2O3. The lowest BCUT2D eigenvalue weighted by Gasteiger charge is -2.25. The molecular weight excluding hydrogens is 347 g/mol. The topological polar surface area (TPSA) is 46.5 Å². The zero-order valence-electron chi connectivity index (χ0n) is 13.8. The van der Waals surface area contributed by atoms with Gasteiger partial charge in [0.2, 0.25) is 0 Å². The Morgan fingerprint density at radius 2 is 1.71 bits per heavy atom. The first kappa shape index (κ1) is 18.6. The highest BCUT2D eigenvalue weighted by Gasteiger charge is 2.25. The van der Waals surface area contributed by atoms with Crippen molar-refractivity contribution >= 4 is 29.2 Å². The summed E-state index contributed by atoms with van der Waals surface area (Å²) in [4.78, 5) is 11.6. The highest BCUT2D eigenvalue weighted by atomic mass is 35.5. The van der Waals surface area contributed by atoms with Crippen molar-refractivity contribution in [3.05, 3.63) is 63.6 Å². The molecule has 128 valence electrons. The van der Waals surface area contributed by atoms with Gasteiger partial charge in [-0.05, 0) is 40.8 Å². The van der Waals surface area contributed by atoms with E-state index in [1.165, 1.54) is 0 Å². The summed E-state index contributed by atoms with van der Waals surface area (Å²) in [5, 5.41) is 10.5. The standard InChI is InChI=1S/C19H20Cl2O3/c1-19(2,3)15-6-4-5-7-16(15)24-17(18(22)23)10-12-8-13(20)11-14(21)9-12/h4-9,11,17H,10H2,1-3H3,(H,22,23). The third kappa shape index (κ3) is 4.89. The number of carboxylic acid groups (broad SMARTS) is 1. The van der Waals surface area contributed by atoms with Crippen LogP contribution < -0.4 is 4.74 Å². The monoisotopic (exact) mass is 366 g/mol. The first-order valence-corrected chi connectivity index (χ1v) is 8.36. The predicted octanol–water partition coefficient (Wildman–Crippen LogP) is 5.37. The molecule has 1 unspecified atom stereocenters. The highest BCUT2D eigenvalue weighted by molar-refractivity contribution is 6.34. The number of hydrogen-bond donors (Lipinski definition) is 1. The van der Waals surface area contributed by atoms with E-state index >= 15 is 0 Å². The van der Waals surface area contributed by atoms with Crippen molar-refractivity contribution in [2.24, 2.45) is 0 Å². The number of carboxylic acids is 1. The number of rotatable bonds is 5. The maximum atomic E-state index is 11.6. The minimum Gasteiger partial charge on any atom is -0.478 e. The fourth-order valence-corrected chi connectivity index (χ4v) is 3.04. The molecule has 2 aromatic carbocycles. The van der Waals surface area contributed by atoms with Gasteiger partial charge in [-0.3, -0.25) is 0 Å². The fourth-order valence-electron chi connectivity index (χ4n) is 2.46. The van der Waals surface area contributed by atoms with Crippen LogP contribution in [0.3, 0.4) is 0 Å². The number of hydrogen-bond acceptors (Lipinski definition) is 2. The Labute approximate surface area is 152 Å². The van der Waals surface area contributed by atoms with Crippen LogP contribution in [0.1, 0.15) is 31.9 Å². The minimum atomic E-state index is -1.03. The summed E-state index contributed by atoms with van der Waals surface area (Å²) in [5.74, 6) is -0.458. The van der Waals surface area contributed by atoms with Gasteiger partial charge in [-0.25, -0.2) is 4.79 Å². The molecule has 0 bridgehead atoms. The van der Waals surface area contributed by atoms with Gasteiger partial charge in [0.05, 0.1) is 0 Å². The Kier molecular flexibility index (Phi) is 5.79. The van der Waals surface area contributed by atoms with E-state index < -0.39 is 12.1 Å². The lowest BCUT2D eigenvalue weighted by atomic mass is 9.86. The summed E-state index contributed by atoms with van der Waals surface area (Å²) in [6.07, 6.45) is -0.850. The normalized spacial score (nSPS) is 12.7. The molecule has 0 fully saturated rings. The highest BCUT2D eigenvalue weighted by Crippen LogP contribution is 2.32. The summed E-state index contributed by atoms with van der Waals surface area (Å²) in [6, 6.07) is 12.5. The second-order valence-electron chi connectivity index (χ2n) is 6.67. The molecule has 0 heterocycles. The first-order valence-electron chi connectivity index (χ1n) is 7.61. The number of benzene rings is 2. The number of ether oxygens (including phenoxy) is 1. The van der Waals surface area contributed by atoms with Gasteiger partial charge in [0.1, 0.15) is 5.75 Å². The Balaban J connectivity index is 2.29. The average Bonchev–Trinajstić information content (AvgIpc) is 2.44. The largest absolute Gasteiger partial charge is 0.478 e. The van der Waals surface area contributed by atoms with E-state index in [4.69, 9.17) is 27.9 Å². The van der Waals surface area contributed by atoms with Gasteiger partial charge in [-0.15, -0.1) is 0 Å². The maximum absolute atomic E-state index is 11.6. The molecule has 5 heteroatoms. The summed E-state index contributed by atoms with van der Waals surface area (Å²) >= 11 is 12.0. The number of para-hydroxylation sites is 1. The number of aliphatic carboxylic acids is 1. The molecule has 0 aliphatic rings. The Morgan fingerprint density at radius 3 is 2.25 bits per heavy atom. The van der Waals surface area contributed by atoms with Crippen LogP contribution >= 0.6 is 23.2 Å². The third-order valence-corrected chi connectivity index (χ3v) is 4.02. The summed E-state index contributed by atoms with van der Waals surface area (Å²) < 4.78 is 5.83. The molecule has 0 aliphatic carbocycles. The van der Waals surface area contributed by atoms with Gasteiger partial charge in [-0.1, -0.05) is 62.2 Å². The van der Waals surface area contributed by atoms with Crippen molar-refractivity contribution in [1.82, 2.24) is 0 Å². The molecule has 0 amide bonds. The van der Waals surface area contributed by atoms with Gasteiger partial charge in [0, 0.05) is 16.5 Å². The Hall–Kier alpha value is -1.71. The van der Waals surface area contributed by atoms with Gasteiger partial charge in [-0.2, -0.15) is 0 Å². The van der Waals surface area contributed by atoms with Crippen molar-refractivity contribution in [3.63, 3.8) is 0 Å². The van der Waals surface area contributed by atoms with Crippen molar-refractivity contribution in [2.75, 3.05) is 0 Å². The maximum Gasteiger partial charge on any atom is 0.345 e. The van der Waals surface area contributed by atoms with Crippen molar-refractivity contribution in [2.45, 2.75) is 38.7 Å². The van der Waals surface area contributed by atoms with Crippen LogP contribution in [0.2, 0.25) is 10.0 Å². The fraction of sp³-hybridized carbons (Fsp3) is 0.316. The molecule has 0 saturated heterocycles. The third-order valence-electron chi connectivity index (χ3n) is 3.58. The molecule has 0 aromatic heterocycles. The molecule has 2 rings (SSSR count). The van der Waals surface area contributed by atoms with E-state index in [0.717, 1.165) is 5.56 Å². The Morgan fingerprint density at radius 1 is 1.12 bits per heavy atom. The summed E-state index contributed by atoms with van der Waals surface area (Å²) in [6.45, 7) is 6.17. The lowest BCUT2D eigenvalue weighted by molar-refractivity contribution is -0.145. The second-order valence-corrected chi connectivity index (χ2v) is 7.55. The van der Waals surface area contributed by atoms with Gasteiger partial charge >= 0.3 is 5.97 Å². The van der Waals surface area contributed by atoms with Gasteiger partial charge < -0.3 is 9.84 Å². The van der Waals surface area contributed by atoms with Crippen LogP contribution in [0.5, 0.6) is 5.75 Å². The van der Waals surface area contributed by atoms with Crippen LogP contribution in [0.4, 0.5) is 0 Å². The molecule has 3 nitrogen and oxygen atoms in total. The molecule has 1 atom stereocenters. The summed E-state index contributed by atoms with van der Waals surface area (Å²) in [7, 11) is 0. The number of halogens is 2. The first-order chi connectivity index (χ1) is 11.2. The minimum absolute atomic E-state index is 0.154. The van der Waals surface area contributed by atoms with E-state index in [-0.39, 0.29) is 11.8 Å². The predicted molar refractivity (Wildman–Crippen MR) is 97.4 cm³/mol. The Bertz CT molecular complexity index is 715. The average molecular weight is 367 g/mol. The molecule has 0 spiro atoms. The SMILES string of the molecule is CC(C)(C)c1ccccc1OC(Cc1cc(Cl)cc(Cl)c1)C(=O)O. The van der Waals surface area contributed by atoms with Crippen molar-refractivity contribution < 1.29 is 14.6 Å². The van der Waals surface area contributed by atoms with E-state index in [9.17, 15) is 9.90 Å². The quantitative estimate of drug-likeness (QED) is 0.773. The molecule has 0 saturated carbocycles. The number of carbonyl (C=O) groups is 1. The van der Waals surface area contributed by atoms with Gasteiger partial charge in [0.15, 0.2) is 6.10 Å². The smallest absolute Gasteiger partial charge is 0.345 e. The van der Waals surface area contributed by atoms with Crippen molar-refractivity contribution in [1.29, 1.82) is 0 Å². The van der Waals surface area contributed by atoms with Crippen LogP contribution in [0.15, 0.2) is 42.5 Å². The summed E-state index contributed by atoms with van der Waals surface area (Å²) in [5.41, 5.74) is 1.52. The molecule has 0 radical (unpaired) electrons. The molecule has 1 N–H and O–H groups in total. The zero-order valence-corrected chi connectivity index (χ0v) is 15.4. The molecule has 0 aliphatic heterocycles. The van der Waals surface area contributed by atoms with E-state index in [0.29, 0.717) is 21.4 Å². The lowest BCUT2D eigenvalue weighted by Crippen LogP contribution is -2.30.